The molecule has 0 atom stereocenters. The summed E-state index contributed by atoms with van der Waals surface area (Å²) in [5, 5.41) is 2.98. The Hall–Kier alpha value is -1.40. The quantitative estimate of drug-likeness (QED) is 0.654. The van der Waals surface area contributed by atoms with E-state index in [0.717, 1.165) is 13.0 Å². The first-order chi connectivity index (χ1) is 9.30. The average Bonchev–Trinajstić information content (AvgIpc) is 2.44. The summed E-state index contributed by atoms with van der Waals surface area (Å²) < 4.78 is 16.2. The van der Waals surface area contributed by atoms with Crippen LogP contribution in [0.1, 0.15) is 26.1 Å². The molecule has 0 unspecified atom stereocenters. The summed E-state index contributed by atoms with van der Waals surface area (Å²) >= 11 is 0. The van der Waals surface area contributed by atoms with Gasteiger partial charge in [-0.2, -0.15) is 4.98 Å². The number of hydrogen-bond acceptors (Lipinski definition) is 6. The maximum atomic E-state index is 5.54. The number of nitrogens with one attached hydrogen (secondary N) is 1. The van der Waals surface area contributed by atoms with Gasteiger partial charge in [0, 0.05) is 26.3 Å². The minimum atomic E-state index is 0.384. The number of aromatic nitrogens is 2. The Bertz CT molecular complexity index is 361. The van der Waals surface area contributed by atoms with Crippen molar-refractivity contribution in [3.05, 3.63) is 11.9 Å². The molecule has 0 aliphatic heterocycles. The first-order valence-corrected chi connectivity index (χ1v) is 6.64. The van der Waals surface area contributed by atoms with Crippen LogP contribution in [0.5, 0.6) is 5.88 Å². The fraction of sp³-hybridized carbons (Fsp3) is 0.692. The molecule has 0 amide bonds. The largest absolute Gasteiger partial charge is 0.475 e. The molecule has 108 valence electrons. The highest BCUT2D eigenvalue weighted by Crippen LogP contribution is 2.13. The van der Waals surface area contributed by atoms with Crippen LogP contribution in [0.2, 0.25) is 0 Å². The van der Waals surface area contributed by atoms with Gasteiger partial charge in [0.2, 0.25) is 5.88 Å². The van der Waals surface area contributed by atoms with Crippen LogP contribution in [0, 0.1) is 0 Å². The van der Waals surface area contributed by atoms with Gasteiger partial charge in [-0.25, -0.2) is 4.98 Å². The topological polar surface area (TPSA) is 65.5 Å². The summed E-state index contributed by atoms with van der Waals surface area (Å²) in [5.41, 5.74) is 0. The molecule has 6 nitrogen and oxygen atoms in total. The van der Waals surface area contributed by atoms with Gasteiger partial charge in [-0.3, -0.25) is 0 Å². The molecule has 0 aliphatic rings. The van der Waals surface area contributed by atoms with Gasteiger partial charge in [-0.15, -0.1) is 0 Å². The van der Waals surface area contributed by atoms with E-state index in [1.165, 1.54) is 0 Å². The van der Waals surface area contributed by atoms with Crippen LogP contribution in [0.4, 0.5) is 5.82 Å². The molecule has 0 fully saturated rings. The van der Waals surface area contributed by atoms with E-state index >= 15 is 0 Å². The van der Waals surface area contributed by atoms with Crippen molar-refractivity contribution in [2.75, 3.05) is 38.8 Å². The summed E-state index contributed by atoms with van der Waals surface area (Å²) in [5.74, 6) is 1.86. The molecule has 19 heavy (non-hydrogen) atoms. The average molecular weight is 269 g/mol. The van der Waals surface area contributed by atoms with Crippen molar-refractivity contribution in [2.24, 2.45) is 0 Å². The van der Waals surface area contributed by atoms with Crippen LogP contribution in [-0.2, 0) is 16.1 Å². The molecule has 0 saturated carbocycles. The molecule has 0 aromatic carbocycles. The number of hydrogen-bond donors (Lipinski definition) is 1. The molecule has 1 heterocycles. The van der Waals surface area contributed by atoms with E-state index in [0.29, 0.717) is 43.9 Å². The Kier molecular flexibility index (Phi) is 7.84. The highest BCUT2D eigenvalue weighted by molar-refractivity contribution is 5.37. The second-order valence-corrected chi connectivity index (χ2v) is 3.86. The number of rotatable bonds is 10. The highest BCUT2D eigenvalue weighted by Gasteiger charge is 2.05. The normalized spacial score (nSPS) is 10.5. The molecule has 0 radical (unpaired) electrons. The lowest BCUT2D eigenvalue weighted by molar-refractivity contribution is 0.0979. The van der Waals surface area contributed by atoms with Gasteiger partial charge in [-0.1, -0.05) is 6.92 Å². The third kappa shape index (κ3) is 6.35. The van der Waals surface area contributed by atoms with Crippen LogP contribution < -0.4 is 10.1 Å². The third-order valence-corrected chi connectivity index (χ3v) is 2.27. The van der Waals surface area contributed by atoms with E-state index in [2.05, 4.69) is 22.2 Å². The van der Waals surface area contributed by atoms with E-state index in [-0.39, 0.29) is 0 Å². The van der Waals surface area contributed by atoms with Gasteiger partial charge in [-0.05, 0) is 13.3 Å². The zero-order valence-electron chi connectivity index (χ0n) is 11.9. The van der Waals surface area contributed by atoms with E-state index in [4.69, 9.17) is 14.2 Å². The fourth-order valence-corrected chi connectivity index (χ4v) is 1.38. The monoisotopic (exact) mass is 269 g/mol. The number of nitrogens with zero attached hydrogens (tertiary/aromatic N) is 2. The van der Waals surface area contributed by atoms with Gasteiger partial charge < -0.3 is 19.5 Å². The lowest BCUT2D eigenvalue weighted by Gasteiger charge is -2.09. The van der Waals surface area contributed by atoms with Crippen molar-refractivity contribution in [3.8, 4) is 5.88 Å². The fourth-order valence-electron chi connectivity index (χ4n) is 1.38. The van der Waals surface area contributed by atoms with Gasteiger partial charge in [0.05, 0.1) is 6.61 Å². The SMILES string of the molecule is CCCOCCOc1cc(NC)nc(COCC)n1. The second-order valence-electron chi connectivity index (χ2n) is 3.86. The van der Waals surface area contributed by atoms with Gasteiger partial charge in [0.15, 0.2) is 5.82 Å². The van der Waals surface area contributed by atoms with Crippen molar-refractivity contribution in [1.82, 2.24) is 9.97 Å². The first kappa shape index (κ1) is 15.7. The maximum absolute atomic E-state index is 5.54. The molecule has 6 heteroatoms. The number of anilines is 1. The van der Waals surface area contributed by atoms with Gasteiger partial charge >= 0.3 is 0 Å². The zero-order valence-corrected chi connectivity index (χ0v) is 11.9. The second kappa shape index (κ2) is 9.52. The predicted molar refractivity (Wildman–Crippen MR) is 73.5 cm³/mol. The van der Waals surface area contributed by atoms with Crippen molar-refractivity contribution in [2.45, 2.75) is 26.9 Å². The Morgan fingerprint density at radius 2 is 1.95 bits per heavy atom. The van der Waals surface area contributed by atoms with Crippen molar-refractivity contribution in [1.29, 1.82) is 0 Å². The summed E-state index contributed by atoms with van der Waals surface area (Å²) in [7, 11) is 1.81. The maximum Gasteiger partial charge on any atom is 0.218 e. The summed E-state index contributed by atoms with van der Waals surface area (Å²) in [4.78, 5) is 8.57. The molecule has 0 aliphatic carbocycles. The van der Waals surface area contributed by atoms with Gasteiger partial charge in [0.1, 0.15) is 19.0 Å². The summed E-state index contributed by atoms with van der Waals surface area (Å²) in [6.07, 6.45) is 1.01. The molecular formula is C13H23N3O3. The van der Waals surface area contributed by atoms with Crippen LogP contribution in [0.25, 0.3) is 0 Å². The highest BCUT2D eigenvalue weighted by atomic mass is 16.5. The molecule has 0 spiro atoms. The van der Waals surface area contributed by atoms with E-state index < -0.39 is 0 Å². The van der Waals surface area contributed by atoms with Crippen molar-refractivity contribution >= 4 is 5.82 Å². The van der Waals surface area contributed by atoms with E-state index in [1.807, 2.05) is 6.92 Å². The van der Waals surface area contributed by atoms with Crippen LogP contribution in [-0.4, -0.2) is 43.4 Å². The predicted octanol–water partition coefficient (Wildman–Crippen LogP) is 1.86. The lowest BCUT2D eigenvalue weighted by atomic mass is 10.5. The minimum absolute atomic E-state index is 0.384. The molecule has 1 aromatic rings. The smallest absolute Gasteiger partial charge is 0.218 e. The third-order valence-electron chi connectivity index (χ3n) is 2.27. The Morgan fingerprint density at radius 1 is 1.11 bits per heavy atom. The molecule has 1 rings (SSSR count). The summed E-state index contributed by atoms with van der Waals surface area (Å²) in [6.45, 7) is 6.82. The van der Waals surface area contributed by atoms with E-state index in [1.54, 1.807) is 13.1 Å². The Labute approximate surface area is 114 Å². The van der Waals surface area contributed by atoms with Crippen molar-refractivity contribution < 1.29 is 14.2 Å². The Morgan fingerprint density at radius 3 is 2.63 bits per heavy atom. The van der Waals surface area contributed by atoms with Gasteiger partial charge in [0.25, 0.3) is 0 Å². The first-order valence-electron chi connectivity index (χ1n) is 6.64. The lowest BCUT2D eigenvalue weighted by Crippen LogP contribution is -2.10. The van der Waals surface area contributed by atoms with E-state index in [9.17, 15) is 0 Å². The number of ether oxygens (including phenoxy) is 3. The van der Waals surface area contributed by atoms with Crippen LogP contribution >= 0.6 is 0 Å². The molecule has 1 aromatic heterocycles. The Balaban J connectivity index is 2.50. The molecular weight excluding hydrogens is 246 g/mol. The van der Waals surface area contributed by atoms with Crippen molar-refractivity contribution in [3.63, 3.8) is 0 Å². The van der Waals surface area contributed by atoms with Crippen LogP contribution in [0.15, 0.2) is 6.07 Å². The molecule has 0 bridgehead atoms. The van der Waals surface area contributed by atoms with Crippen LogP contribution in [0.3, 0.4) is 0 Å². The standard InChI is InChI=1S/C13H23N3O3/c1-4-6-18-7-8-19-13-9-11(14-3)15-12(16-13)10-17-5-2/h9H,4-8,10H2,1-3H3,(H,14,15,16). The molecule has 0 saturated heterocycles. The minimum Gasteiger partial charge on any atom is -0.475 e. The zero-order chi connectivity index (χ0) is 13.9. The summed E-state index contributed by atoms with van der Waals surface area (Å²) in [6, 6.07) is 1.76. The molecule has 1 N–H and O–H groups in total.